The fourth-order valence-electron chi connectivity index (χ4n) is 1.02. The summed E-state index contributed by atoms with van der Waals surface area (Å²) in [6, 6.07) is 5.87. The Hall–Kier alpha value is -1.31. The first-order valence-electron chi connectivity index (χ1n) is 4.98. The number of hydrogen-bond donors (Lipinski definition) is 0. The van der Waals surface area contributed by atoms with Crippen LogP contribution in [0, 0.1) is 6.92 Å². The van der Waals surface area contributed by atoms with Gasteiger partial charge >= 0.3 is 0 Å². The Kier molecular flexibility index (Phi) is 6.46. The molecule has 78 valence electrons. The molecule has 1 aromatic rings. The Morgan fingerprint density at radius 3 is 2.50 bits per heavy atom. The summed E-state index contributed by atoms with van der Waals surface area (Å²) in [5, 5.41) is 0. The van der Waals surface area contributed by atoms with Crippen LogP contribution in [0.3, 0.4) is 0 Å². The quantitative estimate of drug-likeness (QED) is 0.670. The van der Waals surface area contributed by atoms with E-state index in [0.717, 1.165) is 11.4 Å². The lowest BCUT2D eigenvalue weighted by molar-refractivity contribution is 0.341. The van der Waals surface area contributed by atoms with Gasteiger partial charge in [-0.05, 0) is 38.3 Å². The molecule has 0 saturated carbocycles. The van der Waals surface area contributed by atoms with E-state index in [9.17, 15) is 0 Å². The Labute approximate surface area is 86.6 Å². The van der Waals surface area contributed by atoms with Gasteiger partial charge in [-0.2, -0.15) is 0 Å². The summed E-state index contributed by atoms with van der Waals surface area (Å²) >= 11 is 0. The first kappa shape index (κ1) is 12.7. The number of hydrogen-bond acceptors (Lipinski definition) is 2. The van der Waals surface area contributed by atoms with Crippen LogP contribution in [0.2, 0.25) is 0 Å². The number of benzene rings is 1. The van der Waals surface area contributed by atoms with Gasteiger partial charge in [-0.3, -0.25) is 4.99 Å². The highest BCUT2D eigenvalue weighted by atomic mass is 16.5. The van der Waals surface area contributed by atoms with Crippen molar-refractivity contribution in [2.45, 2.75) is 27.7 Å². The predicted molar refractivity (Wildman–Crippen MR) is 62.9 cm³/mol. The van der Waals surface area contributed by atoms with E-state index < -0.39 is 0 Å². The largest absolute Gasteiger partial charge is 0.492 e. The van der Waals surface area contributed by atoms with Gasteiger partial charge in [0.05, 0.1) is 6.61 Å². The van der Waals surface area contributed by atoms with Crippen molar-refractivity contribution in [1.29, 1.82) is 0 Å². The average molecular weight is 193 g/mol. The summed E-state index contributed by atoms with van der Waals surface area (Å²) in [5.74, 6) is 0.813. The van der Waals surface area contributed by atoms with Gasteiger partial charge in [0.2, 0.25) is 0 Å². The Morgan fingerprint density at radius 2 is 2.00 bits per heavy atom. The maximum atomic E-state index is 5.37. The van der Waals surface area contributed by atoms with E-state index in [-0.39, 0.29) is 0 Å². The molecule has 0 aliphatic rings. The molecule has 0 radical (unpaired) electrons. The maximum Gasteiger partial charge on any atom is 0.145 e. The number of nitrogens with zero attached hydrogens (tertiary/aromatic N) is 1. The number of rotatable bonds is 3. The smallest absolute Gasteiger partial charge is 0.145 e. The van der Waals surface area contributed by atoms with Crippen LogP contribution in [0.1, 0.15) is 26.3 Å². The standard InChI is InChI=1S/C10H13NO.C2H6/c1-4-12-10-7-8(2)5-6-9(10)11-3;1-2/h5-7H,3-4H2,1-2H3;1-2H3. The van der Waals surface area contributed by atoms with Gasteiger partial charge in [0.15, 0.2) is 0 Å². The van der Waals surface area contributed by atoms with Crippen molar-refractivity contribution in [3.63, 3.8) is 0 Å². The first-order chi connectivity index (χ1) is 6.77. The van der Waals surface area contributed by atoms with E-state index in [4.69, 9.17) is 4.74 Å². The Morgan fingerprint density at radius 1 is 1.36 bits per heavy atom. The van der Waals surface area contributed by atoms with Crippen LogP contribution in [-0.4, -0.2) is 13.3 Å². The molecule has 0 amide bonds. The van der Waals surface area contributed by atoms with Crippen LogP contribution >= 0.6 is 0 Å². The topological polar surface area (TPSA) is 21.6 Å². The second-order valence-corrected chi connectivity index (χ2v) is 2.56. The van der Waals surface area contributed by atoms with Crippen molar-refractivity contribution in [2.75, 3.05) is 6.61 Å². The SMILES string of the molecule is C=Nc1ccc(C)cc1OCC.CC. The van der Waals surface area contributed by atoms with Gasteiger partial charge in [0.25, 0.3) is 0 Å². The molecule has 0 unspecified atom stereocenters. The summed E-state index contributed by atoms with van der Waals surface area (Å²) in [6.45, 7) is 12.1. The van der Waals surface area contributed by atoms with Crippen LogP contribution in [0.15, 0.2) is 23.2 Å². The van der Waals surface area contributed by atoms with Gasteiger partial charge in [0, 0.05) is 0 Å². The van der Waals surface area contributed by atoms with E-state index in [1.807, 2.05) is 45.9 Å². The molecule has 14 heavy (non-hydrogen) atoms. The van der Waals surface area contributed by atoms with Crippen molar-refractivity contribution in [3.05, 3.63) is 23.8 Å². The normalized spacial score (nSPS) is 8.57. The zero-order valence-corrected chi connectivity index (χ0v) is 9.50. The average Bonchev–Trinajstić information content (AvgIpc) is 2.22. The lowest BCUT2D eigenvalue weighted by Crippen LogP contribution is -1.91. The summed E-state index contributed by atoms with van der Waals surface area (Å²) in [6.07, 6.45) is 0. The minimum absolute atomic E-state index is 0.659. The second-order valence-electron chi connectivity index (χ2n) is 2.56. The van der Waals surface area contributed by atoms with Crippen molar-refractivity contribution in [1.82, 2.24) is 0 Å². The third kappa shape index (κ3) is 3.60. The molecule has 2 nitrogen and oxygen atoms in total. The minimum Gasteiger partial charge on any atom is -0.492 e. The van der Waals surface area contributed by atoms with Crippen molar-refractivity contribution >= 4 is 12.4 Å². The molecule has 0 atom stereocenters. The molecule has 1 aromatic carbocycles. The van der Waals surface area contributed by atoms with Gasteiger partial charge < -0.3 is 4.74 Å². The molecule has 0 heterocycles. The Balaban J connectivity index is 0.000000791. The summed E-state index contributed by atoms with van der Waals surface area (Å²) in [4.78, 5) is 3.86. The molecule has 0 spiro atoms. The van der Waals surface area contributed by atoms with E-state index in [2.05, 4.69) is 11.7 Å². The van der Waals surface area contributed by atoms with E-state index in [1.54, 1.807) is 0 Å². The van der Waals surface area contributed by atoms with E-state index in [1.165, 1.54) is 5.56 Å². The highest BCUT2D eigenvalue weighted by molar-refractivity contribution is 5.57. The zero-order chi connectivity index (χ0) is 11.0. The van der Waals surface area contributed by atoms with E-state index >= 15 is 0 Å². The number of aliphatic imine (C=N–C) groups is 1. The van der Waals surface area contributed by atoms with Gasteiger partial charge in [-0.1, -0.05) is 19.9 Å². The zero-order valence-electron chi connectivity index (χ0n) is 9.50. The number of aryl methyl sites for hydroxylation is 1. The summed E-state index contributed by atoms with van der Waals surface area (Å²) in [5.41, 5.74) is 1.98. The van der Waals surface area contributed by atoms with Crippen LogP contribution in [0.5, 0.6) is 5.75 Å². The maximum absolute atomic E-state index is 5.37. The lowest BCUT2D eigenvalue weighted by Gasteiger charge is -2.06. The van der Waals surface area contributed by atoms with Gasteiger partial charge in [-0.15, -0.1) is 0 Å². The third-order valence-electron chi connectivity index (χ3n) is 1.59. The van der Waals surface area contributed by atoms with Crippen molar-refractivity contribution in [2.24, 2.45) is 4.99 Å². The predicted octanol–water partition coefficient (Wildman–Crippen LogP) is 3.75. The monoisotopic (exact) mass is 193 g/mol. The highest BCUT2D eigenvalue weighted by Crippen LogP contribution is 2.27. The fraction of sp³-hybridized carbons (Fsp3) is 0.417. The third-order valence-corrected chi connectivity index (χ3v) is 1.59. The number of ether oxygens (including phenoxy) is 1. The molecule has 0 N–H and O–H groups in total. The van der Waals surface area contributed by atoms with E-state index in [0.29, 0.717) is 6.61 Å². The second kappa shape index (κ2) is 7.13. The molecule has 0 aliphatic heterocycles. The molecular weight excluding hydrogens is 174 g/mol. The van der Waals surface area contributed by atoms with Crippen LogP contribution in [-0.2, 0) is 0 Å². The summed E-state index contributed by atoms with van der Waals surface area (Å²) < 4.78 is 5.37. The molecule has 0 bridgehead atoms. The van der Waals surface area contributed by atoms with Crippen molar-refractivity contribution < 1.29 is 4.74 Å². The Bertz CT molecular complexity index is 282. The lowest BCUT2D eigenvalue weighted by atomic mass is 10.2. The van der Waals surface area contributed by atoms with Gasteiger partial charge in [-0.25, -0.2) is 0 Å². The van der Waals surface area contributed by atoms with Crippen LogP contribution in [0.25, 0.3) is 0 Å². The molecule has 1 rings (SSSR count). The first-order valence-corrected chi connectivity index (χ1v) is 4.98. The molecule has 0 fully saturated rings. The molecule has 0 saturated heterocycles. The van der Waals surface area contributed by atoms with Gasteiger partial charge in [0.1, 0.15) is 11.4 Å². The summed E-state index contributed by atoms with van der Waals surface area (Å²) in [7, 11) is 0. The van der Waals surface area contributed by atoms with Crippen molar-refractivity contribution in [3.8, 4) is 5.75 Å². The molecular formula is C12H19NO. The molecule has 0 aromatic heterocycles. The highest BCUT2D eigenvalue weighted by Gasteiger charge is 1.99. The van der Waals surface area contributed by atoms with Crippen LogP contribution in [0.4, 0.5) is 5.69 Å². The molecule has 2 heteroatoms. The minimum atomic E-state index is 0.659. The van der Waals surface area contributed by atoms with Crippen LogP contribution < -0.4 is 4.74 Å². The fourth-order valence-corrected chi connectivity index (χ4v) is 1.02. The molecule has 0 aliphatic carbocycles.